The van der Waals surface area contributed by atoms with Crippen LogP contribution in [0.5, 0.6) is 5.75 Å². The number of nitrogens with zero attached hydrogens (tertiary/aromatic N) is 2. The van der Waals surface area contributed by atoms with Crippen LogP contribution in [-0.2, 0) is 0 Å². The van der Waals surface area contributed by atoms with Gasteiger partial charge in [0.25, 0.3) is 0 Å². The van der Waals surface area contributed by atoms with E-state index in [0.29, 0.717) is 6.04 Å². The molecule has 15 heavy (non-hydrogen) atoms. The zero-order chi connectivity index (χ0) is 10.3. The van der Waals surface area contributed by atoms with Gasteiger partial charge in [-0.25, -0.2) is 4.98 Å². The van der Waals surface area contributed by atoms with Crippen molar-refractivity contribution < 1.29 is 5.11 Å². The van der Waals surface area contributed by atoms with Crippen molar-refractivity contribution in [2.75, 3.05) is 6.54 Å². The normalized spacial score (nSPS) is 21.2. The van der Waals surface area contributed by atoms with E-state index < -0.39 is 0 Å². The van der Waals surface area contributed by atoms with Gasteiger partial charge >= 0.3 is 0 Å². The van der Waals surface area contributed by atoms with E-state index >= 15 is 0 Å². The number of rotatable bonds is 1. The van der Waals surface area contributed by atoms with Gasteiger partial charge in [0.2, 0.25) is 0 Å². The molecule has 78 valence electrons. The Morgan fingerprint density at radius 2 is 2.47 bits per heavy atom. The molecule has 0 aromatic carbocycles. The van der Waals surface area contributed by atoms with Crippen molar-refractivity contribution >= 4 is 5.52 Å². The minimum absolute atomic E-state index is 0.286. The fourth-order valence-electron chi connectivity index (χ4n) is 2.19. The second kappa shape index (κ2) is 3.24. The molecule has 4 heteroatoms. The average molecular weight is 203 g/mol. The van der Waals surface area contributed by atoms with E-state index in [9.17, 15) is 5.11 Å². The van der Waals surface area contributed by atoms with E-state index in [0.717, 1.165) is 24.3 Å². The summed E-state index contributed by atoms with van der Waals surface area (Å²) in [6.07, 6.45) is 5.98. The summed E-state index contributed by atoms with van der Waals surface area (Å²) in [5.41, 5.74) is 0.779. The lowest BCUT2D eigenvalue weighted by Gasteiger charge is -2.08. The Morgan fingerprint density at radius 1 is 1.53 bits per heavy atom. The summed E-state index contributed by atoms with van der Waals surface area (Å²) in [4.78, 5) is 4.38. The van der Waals surface area contributed by atoms with Gasteiger partial charge in [-0.3, -0.25) is 4.40 Å². The molecule has 3 rings (SSSR count). The Balaban J connectivity index is 2.15. The molecule has 4 nitrogen and oxygen atoms in total. The highest BCUT2D eigenvalue weighted by molar-refractivity contribution is 5.58. The maximum atomic E-state index is 9.65. The minimum atomic E-state index is 0.286. The maximum absolute atomic E-state index is 9.65. The molecule has 1 atom stereocenters. The zero-order valence-corrected chi connectivity index (χ0v) is 8.35. The first-order valence-corrected chi connectivity index (χ1v) is 5.24. The second-order valence-electron chi connectivity index (χ2n) is 3.91. The molecule has 1 saturated heterocycles. The molecule has 1 fully saturated rings. The lowest BCUT2D eigenvalue weighted by molar-refractivity contribution is 0.478. The van der Waals surface area contributed by atoms with E-state index in [1.807, 2.05) is 16.7 Å². The van der Waals surface area contributed by atoms with Crippen molar-refractivity contribution in [2.45, 2.75) is 18.9 Å². The summed E-state index contributed by atoms with van der Waals surface area (Å²) < 4.78 is 1.96. The van der Waals surface area contributed by atoms with Gasteiger partial charge < -0.3 is 10.4 Å². The molecule has 2 N–H and O–H groups in total. The Morgan fingerprint density at radius 3 is 3.27 bits per heavy atom. The topological polar surface area (TPSA) is 49.6 Å². The van der Waals surface area contributed by atoms with Gasteiger partial charge in [0.05, 0.1) is 12.2 Å². The lowest BCUT2D eigenvalue weighted by Crippen LogP contribution is -2.15. The van der Waals surface area contributed by atoms with Gasteiger partial charge in [0.15, 0.2) is 0 Å². The van der Waals surface area contributed by atoms with Crippen molar-refractivity contribution in [3.05, 3.63) is 30.4 Å². The van der Waals surface area contributed by atoms with Crippen LogP contribution in [0.2, 0.25) is 0 Å². The molecule has 0 amide bonds. The van der Waals surface area contributed by atoms with Crippen LogP contribution < -0.4 is 5.32 Å². The van der Waals surface area contributed by atoms with Crippen LogP contribution in [0.1, 0.15) is 24.7 Å². The van der Waals surface area contributed by atoms with Gasteiger partial charge in [-0.1, -0.05) is 0 Å². The molecule has 2 aromatic heterocycles. The van der Waals surface area contributed by atoms with E-state index in [1.165, 1.54) is 6.42 Å². The third-order valence-corrected chi connectivity index (χ3v) is 2.95. The number of nitrogens with one attached hydrogen (secondary N) is 1. The largest absolute Gasteiger partial charge is 0.506 e. The van der Waals surface area contributed by atoms with E-state index in [1.54, 1.807) is 12.3 Å². The van der Waals surface area contributed by atoms with Crippen molar-refractivity contribution in [3.63, 3.8) is 0 Å². The average Bonchev–Trinajstić information content (AvgIpc) is 2.85. The first-order chi connectivity index (χ1) is 7.36. The second-order valence-corrected chi connectivity index (χ2v) is 3.91. The predicted octanol–water partition coefficient (Wildman–Crippen LogP) is 1.46. The number of aromatic nitrogens is 2. The van der Waals surface area contributed by atoms with Crippen LogP contribution >= 0.6 is 0 Å². The third-order valence-electron chi connectivity index (χ3n) is 2.95. The van der Waals surface area contributed by atoms with Crippen LogP contribution in [0.3, 0.4) is 0 Å². The molecule has 0 aliphatic carbocycles. The summed E-state index contributed by atoms with van der Waals surface area (Å²) in [5, 5.41) is 13.1. The summed E-state index contributed by atoms with van der Waals surface area (Å²) in [6, 6.07) is 3.85. The Kier molecular flexibility index (Phi) is 1.89. The molecule has 1 aliphatic rings. The number of fused-ring (bicyclic) bond motifs is 1. The molecular formula is C11H13N3O. The van der Waals surface area contributed by atoms with Gasteiger partial charge in [-0.15, -0.1) is 0 Å². The first-order valence-electron chi connectivity index (χ1n) is 5.24. The molecule has 2 aromatic rings. The Labute approximate surface area is 87.6 Å². The highest BCUT2D eigenvalue weighted by Crippen LogP contribution is 2.25. The Hall–Kier alpha value is -1.55. The number of pyridine rings is 1. The van der Waals surface area contributed by atoms with E-state index in [2.05, 4.69) is 10.3 Å². The molecule has 1 unspecified atom stereocenters. The summed E-state index contributed by atoms with van der Waals surface area (Å²) in [7, 11) is 0. The monoisotopic (exact) mass is 203 g/mol. The van der Waals surface area contributed by atoms with Gasteiger partial charge in [-0.05, 0) is 31.5 Å². The highest BCUT2D eigenvalue weighted by atomic mass is 16.3. The van der Waals surface area contributed by atoms with Gasteiger partial charge in [-0.2, -0.15) is 0 Å². The molecular weight excluding hydrogens is 190 g/mol. The highest BCUT2D eigenvalue weighted by Gasteiger charge is 2.20. The van der Waals surface area contributed by atoms with Crippen molar-refractivity contribution in [3.8, 4) is 5.75 Å². The molecule has 0 bridgehead atoms. The summed E-state index contributed by atoms with van der Waals surface area (Å²) in [6.45, 7) is 1.05. The fraction of sp³-hybridized carbons (Fsp3) is 0.364. The van der Waals surface area contributed by atoms with Gasteiger partial charge in [0.1, 0.15) is 17.1 Å². The molecule has 0 spiro atoms. The first kappa shape index (κ1) is 8.73. The van der Waals surface area contributed by atoms with Gasteiger partial charge in [0, 0.05) is 6.20 Å². The summed E-state index contributed by atoms with van der Waals surface area (Å²) >= 11 is 0. The molecule has 1 aliphatic heterocycles. The number of hydrogen-bond donors (Lipinski definition) is 2. The van der Waals surface area contributed by atoms with Crippen LogP contribution in [0, 0.1) is 0 Å². The third kappa shape index (κ3) is 1.29. The quantitative estimate of drug-likeness (QED) is 0.737. The van der Waals surface area contributed by atoms with Crippen LogP contribution in [0.25, 0.3) is 5.52 Å². The number of hydrogen-bond acceptors (Lipinski definition) is 3. The smallest absolute Gasteiger partial charge is 0.141 e. The van der Waals surface area contributed by atoms with Crippen molar-refractivity contribution in [2.24, 2.45) is 0 Å². The molecule has 0 saturated carbocycles. The van der Waals surface area contributed by atoms with Crippen molar-refractivity contribution in [1.82, 2.24) is 14.7 Å². The van der Waals surface area contributed by atoms with Crippen molar-refractivity contribution in [1.29, 1.82) is 0 Å². The van der Waals surface area contributed by atoms with E-state index in [-0.39, 0.29) is 5.75 Å². The number of imidazole rings is 1. The predicted molar refractivity (Wildman–Crippen MR) is 56.8 cm³/mol. The van der Waals surface area contributed by atoms with Crippen LogP contribution in [0.4, 0.5) is 0 Å². The minimum Gasteiger partial charge on any atom is -0.506 e. The standard InChI is InChI=1S/C11H13N3O/c15-10-4-2-6-14-9(10)7-13-11(14)8-3-1-5-12-8/h2,4,6-8,12,15H,1,3,5H2. The summed E-state index contributed by atoms with van der Waals surface area (Å²) in [5.74, 6) is 1.28. The lowest BCUT2D eigenvalue weighted by atomic mass is 10.2. The SMILES string of the molecule is Oc1cccn2c(C3CCCN3)ncc12. The van der Waals surface area contributed by atoms with Crippen LogP contribution in [-0.4, -0.2) is 21.0 Å². The van der Waals surface area contributed by atoms with E-state index in [4.69, 9.17) is 0 Å². The molecule has 3 heterocycles. The number of aromatic hydroxyl groups is 1. The fourth-order valence-corrected chi connectivity index (χ4v) is 2.19. The van der Waals surface area contributed by atoms with Crippen LogP contribution in [0.15, 0.2) is 24.5 Å². The Bertz CT molecular complexity index is 486. The maximum Gasteiger partial charge on any atom is 0.141 e. The molecule has 0 radical (unpaired) electrons. The zero-order valence-electron chi connectivity index (χ0n) is 8.35.